The number of benzene rings is 3. The third-order valence-electron chi connectivity index (χ3n) is 4.92. The summed E-state index contributed by atoms with van der Waals surface area (Å²) >= 11 is 12.6. The molecule has 182 valence electrons. The maximum Gasteiger partial charge on any atom is 0.343 e. The fraction of sp³-hybridized carbons (Fsp3) is 0.0800. The molecule has 1 heterocycles. The number of nitro benzene ring substituents is 1. The van der Waals surface area contributed by atoms with E-state index in [2.05, 4.69) is 0 Å². The van der Waals surface area contributed by atoms with Crippen LogP contribution in [0.2, 0.25) is 5.02 Å². The van der Waals surface area contributed by atoms with E-state index >= 15 is 0 Å². The van der Waals surface area contributed by atoms with Crippen molar-refractivity contribution >= 4 is 69.2 Å². The summed E-state index contributed by atoms with van der Waals surface area (Å²) < 4.78 is 11.5. The van der Waals surface area contributed by atoms with Crippen molar-refractivity contribution in [2.24, 2.45) is 0 Å². The van der Waals surface area contributed by atoms with Crippen molar-refractivity contribution in [1.29, 1.82) is 0 Å². The number of amides is 1. The minimum Gasteiger partial charge on any atom is -0.490 e. The van der Waals surface area contributed by atoms with E-state index in [0.717, 1.165) is 17.8 Å². The monoisotopic (exact) mass is 540 g/mol. The first kappa shape index (κ1) is 25.4. The van der Waals surface area contributed by atoms with Gasteiger partial charge in [0.05, 0.1) is 27.7 Å². The maximum atomic E-state index is 13.0. The smallest absolute Gasteiger partial charge is 0.343 e. The van der Waals surface area contributed by atoms with Crippen molar-refractivity contribution in [2.45, 2.75) is 6.92 Å². The van der Waals surface area contributed by atoms with Crippen LogP contribution in [0.15, 0.2) is 71.6 Å². The fourth-order valence-electron chi connectivity index (χ4n) is 3.33. The van der Waals surface area contributed by atoms with Crippen LogP contribution in [0.5, 0.6) is 11.5 Å². The van der Waals surface area contributed by atoms with Gasteiger partial charge < -0.3 is 9.47 Å². The number of anilines is 1. The summed E-state index contributed by atoms with van der Waals surface area (Å²) in [5.74, 6) is -0.645. The summed E-state index contributed by atoms with van der Waals surface area (Å²) in [7, 11) is 0. The lowest BCUT2D eigenvalue weighted by atomic mass is 10.1. The van der Waals surface area contributed by atoms with Crippen LogP contribution >= 0.6 is 35.6 Å². The van der Waals surface area contributed by atoms with E-state index in [0.29, 0.717) is 32.1 Å². The van der Waals surface area contributed by atoms with Gasteiger partial charge in [0.25, 0.3) is 11.6 Å². The number of hydrogen-bond donors (Lipinski definition) is 0. The summed E-state index contributed by atoms with van der Waals surface area (Å²) in [5, 5.41) is 11.5. The standard InChI is InChI=1S/C25H17ClN2O6S2/c1-2-33-21-11-15(9-10-20(21)34-24(30)16-5-3-8-19(13-16)28(31)32)12-22-23(29)27(25(35)36-22)18-7-4-6-17(26)14-18/h3-14H,2H2,1H3/b22-12+. The van der Waals surface area contributed by atoms with E-state index in [4.69, 9.17) is 33.3 Å². The average Bonchev–Trinajstić information content (AvgIpc) is 3.13. The van der Waals surface area contributed by atoms with Crippen molar-refractivity contribution in [3.63, 3.8) is 0 Å². The molecule has 3 aromatic carbocycles. The van der Waals surface area contributed by atoms with Gasteiger partial charge in [0.15, 0.2) is 15.8 Å². The summed E-state index contributed by atoms with van der Waals surface area (Å²) in [6.45, 7) is 2.07. The highest BCUT2D eigenvalue weighted by molar-refractivity contribution is 8.27. The van der Waals surface area contributed by atoms with Crippen molar-refractivity contribution in [1.82, 2.24) is 0 Å². The zero-order valence-electron chi connectivity index (χ0n) is 18.7. The molecular weight excluding hydrogens is 524 g/mol. The lowest BCUT2D eigenvalue weighted by Gasteiger charge is -2.14. The number of nitro groups is 1. The average molecular weight is 541 g/mol. The van der Waals surface area contributed by atoms with Crippen LogP contribution in [0.25, 0.3) is 6.08 Å². The number of carbonyl (C=O) groups is 2. The highest BCUT2D eigenvalue weighted by Gasteiger charge is 2.33. The molecule has 0 N–H and O–H groups in total. The largest absolute Gasteiger partial charge is 0.490 e. The second-order valence-electron chi connectivity index (χ2n) is 7.33. The van der Waals surface area contributed by atoms with E-state index in [1.165, 1.54) is 29.2 Å². The number of thiocarbonyl (C=S) groups is 1. The van der Waals surface area contributed by atoms with Crippen LogP contribution in [-0.4, -0.2) is 27.7 Å². The Labute approximate surface area is 220 Å². The number of non-ortho nitro benzene ring substituents is 1. The molecule has 1 saturated heterocycles. The quantitative estimate of drug-likeness (QED) is 0.0863. The molecule has 0 aliphatic carbocycles. The molecule has 3 aromatic rings. The normalized spacial score (nSPS) is 14.3. The van der Waals surface area contributed by atoms with Gasteiger partial charge in [-0.2, -0.15) is 0 Å². The Bertz CT molecular complexity index is 1430. The number of esters is 1. The van der Waals surface area contributed by atoms with Crippen LogP contribution in [-0.2, 0) is 4.79 Å². The molecule has 0 aromatic heterocycles. The van der Waals surface area contributed by atoms with Gasteiger partial charge in [-0.3, -0.25) is 19.8 Å². The number of thioether (sulfide) groups is 1. The van der Waals surface area contributed by atoms with E-state index < -0.39 is 10.9 Å². The zero-order chi connectivity index (χ0) is 25.8. The number of nitrogens with zero attached hydrogens (tertiary/aromatic N) is 2. The molecule has 0 radical (unpaired) electrons. The predicted molar refractivity (Wildman–Crippen MR) is 143 cm³/mol. The number of halogens is 1. The maximum absolute atomic E-state index is 13.0. The van der Waals surface area contributed by atoms with Gasteiger partial charge in [0.1, 0.15) is 0 Å². The van der Waals surface area contributed by atoms with Gasteiger partial charge in [-0.25, -0.2) is 4.79 Å². The molecule has 0 saturated carbocycles. The predicted octanol–water partition coefficient (Wildman–Crippen LogP) is 6.27. The van der Waals surface area contributed by atoms with Crippen LogP contribution in [0.1, 0.15) is 22.8 Å². The topological polar surface area (TPSA) is 99.0 Å². The summed E-state index contributed by atoms with van der Waals surface area (Å²) in [6.07, 6.45) is 1.67. The Hall–Kier alpha value is -3.73. The SMILES string of the molecule is CCOc1cc(/C=C2/SC(=S)N(c3cccc(Cl)c3)C2=O)ccc1OC(=O)c1cccc([N+](=O)[O-])c1. The highest BCUT2D eigenvalue weighted by Crippen LogP contribution is 2.38. The van der Waals surface area contributed by atoms with Crippen LogP contribution in [0.4, 0.5) is 11.4 Å². The molecule has 1 amide bonds. The molecule has 4 rings (SSSR count). The van der Waals surface area contributed by atoms with E-state index in [-0.39, 0.29) is 28.7 Å². The van der Waals surface area contributed by atoms with Crippen molar-refractivity contribution < 1.29 is 24.0 Å². The Kier molecular flexibility index (Phi) is 7.68. The Morgan fingerprint density at radius 1 is 1.14 bits per heavy atom. The molecular formula is C25H17ClN2O6S2. The van der Waals surface area contributed by atoms with Gasteiger partial charge in [0.2, 0.25) is 0 Å². The lowest BCUT2D eigenvalue weighted by Crippen LogP contribution is -2.27. The van der Waals surface area contributed by atoms with Crippen LogP contribution in [0, 0.1) is 10.1 Å². The number of ether oxygens (including phenoxy) is 2. The summed E-state index contributed by atoms with van der Waals surface area (Å²) in [4.78, 5) is 37.9. The van der Waals surface area contributed by atoms with E-state index in [9.17, 15) is 19.7 Å². The molecule has 0 spiro atoms. The van der Waals surface area contributed by atoms with Gasteiger partial charge in [-0.05, 0) is 55.0 Å². The Morgan fingerprint density at radius 3 is 2.64 bits per heavy atom. The lowest BCUT2D eigenvalue weighted by molar-refractivity contribution is -0.384. The first-order valence-electron chi connectivity index (χ1n) is 10.5. The third kappa shape index (κ3) is 5.56. The van der Waals surface area contributed by atoms with Crippen molar-refractivity contribution in [3.8, 4) is 11.5 Å². The van der Waals surface area contributed by atoms with E-state index in [1.807, 2.05) is 0 Å². The highest BCUT2D eigenvalue weighted by atomic mass is 35.5. The number of carbonyl (C=O) groups excluding carboxylic acids is 2. The Morgan fingerprint density at radius 2 is 1.92 bits per heavy atom. The molecule has 8 nitrogen and oxygen atoms in total. The Balaban J connectivity index is 1.58. The summed E-state index contributed by atoms with van der Waals surface area (Å²) in [6, 6.07) is 16.9. The fourth-order valence-corrected chi connectivity index (χ4v) is 4.81. The van der Waals surface area contributed by atoms with E-state index in [1.54, 1.807) is 49.4 Å². The first-order valence-corrected chi connectivity index (χ1v) is 12.1. The second kappa shape index (κ2) is 10.9. The van der Waals surface area contributed by atoms with Crippen molar-refractivity contribution in [2.75, 3.05) is 11.5 Å². The summed E-state index contributed by atoms with van der Waals surface area (Å²) in [5.41, 5.74) is 1.01. The molecule has 36 heavy (non-hydrogen) atoms. The van der Waals surface area contributed by atoms with Gasteiger partial charge in [0, 0.05) is 17.2 Å². The van der Waals surface area contributed by atoms with Gasteiger partial charge in [-0.1, -0.05) is 53.8 Å². The minimum atomic E-state index is -0.769. The second-order valence-corrected chi connectivity index (χ2v) is 9.45. The molecule has 1 aliphatic rings. The molecule has 0 atom stereocenters. The third-order valence-corrected chi connectivity index (χ3v) is 6.46. The minimum absolute atomic E-state index is 0.0282. The van der Waals surface area contributed by atoms with Gasteiger partial charge >= 0.3 is 5.97 Å². The molecule has 11 heteroatoms. The molecule has 0 unspecified atom stereocenters. The van der Waals surface area contributed by atoms with Gasteiger partial charge in [-0.15, -0.1) is 0 Å². The molecule has 0 bridgehead atoms. The molecule has 1 fully saturated rings. The van der Waals surface area contributed by atoms with Crippen molar-refractivity contribution in [3.05, 3.63) is 97.9 Å². The van der Waals surface area contributed by atoms with Crippen LogP contribution in [0.3, 0.4) is 0 Å². The number of hydrogen-bond acceptors (Lipinski definition) is 8. The van der Waals surface area contributed by atoms with Crippen LogP contribution < -0.4 is 14.4 Å². The molecule has 1 aliphatic heterocycles. The first-order chi connectivity index (χ1) is 17.3. The zero-order valence-corrected chi connectivity index (χ0v) is 21.1. The number of rotatable bonds is 7.